The number of nitrogens with one attached hydrogen (secondary N) is 3. The lowest BCUT2D eigenvalue weighted by Gasteiger charge is -2.09. The maximum Gasteiger partial charge on any atom is 0.251 e. The summed E-state index contributed by atoms with van der Waals surface area (Å²) in [5.74, 6) is 0.215. The summed E-state index contributed by atoms with van der Waals surface area (Å²) in [6, 6.07) is 17.8. The fourth-order valence-electron chi connectivity index (χ4n) is 2.58. The molecule has 144 valence electrons. The summed E-state index contributed by atoms with van der Waals surface area (Å²) in [5.41, 5.74) is 1.93. The molecule has 0 unspecified atom stereocenters. The minimum atomic E-state index is -0.246. The quantitative estimate of drug-likeness (QED) is 0.542. The van der Waals surface area contributed by atoms with Crippen LogP contribution in [0.15, 0.2) is 71.3 Å². The van der Waals surface area contributed by atoms with Gasteiger partial charge in [-0.05, 0) is 42.0 Å². The Balaban J connectivity index is 1.48. The fraction of sp³-hybridized carbons (Fsp3) is 0.143. The third kappa shape index (κ3) is 5.70. The van der Waals surface area contributed by atoms with Crippen LogP contribution in [0, 0.1) is 0 Å². The number of benzene rings is 2. The van der Waals surface area contributed by atoms with E-state index in [1.807, 2.05) is 18.2 Å². The smallest absolute Gasteiger partial charge is 0.251 e. The molecule has 0 atom stereocenters. The molecular formula is C21H20ClN3O3. The van der Waals surface area contributed by atoms with Crippen molar-refractivity contribution < 1.29 is 14.0 Å². The molecule has 0 aliphatic carbocycles. The van der Waals surface area contributed by atoms with Crippen molar-refractivity contribution >= 4 is 29.1 Å². The first-order valence-corrected chi connectivity index (χ1v) is 9.14. The first-order valence-electron chi connectivity index (χ1n) is 8.76. The normalized spacial score (nSPS) is 10.5. The van der Waals surface area contributed by atoms with Crippen molar-refractivity contribution in [3.8, 4) is 0 Å². The summed E-state index contributed by atoms with van der Waals surface area (Å²) in [7, 11) is 0. The summed E-state index contributed by atoms with van der Waals surface area (Å²) < 4.78 is 5.19. The number of furan rings is 1. The Labute approximate surface area is 167 Å². The lowest BCUT2D eigenvalue weighted by atomic mass is 10.2. The molecule has 3 rings (SSSR count). The molecule has 1 aromatic heterocycles. The highest BCUT2D eigenvalue weighted by Crippen LogP contribution is 2.14. The molecule has 28 heavy (non-hydrogen) atoms. The molecule has 6 nitrogen and oxygen atoms in total. The Kier molecular flexibility index (Phi) is 6.84. The maximum absolute atomic E-state index is 12.2. The van der Waals surface area contributed by atoms with Gasteiger partial charge in [0.05, 0.1) is 19.4 Å². The Morgan fingerprint density at radius 1 is 0.964 bits per heavy atom. The molecule has 2 aromatic carbocycles. The highest BCUT2D eigenvalue weighted by Gasteiger charge is 2.09. The monoisotopic (exact) mass is 397 g/mol. The predicted octanol–water partition coefficient (Wildman–Crippen LogP) is 3.59. The number of rotatable bonds is 8. The minimum absolute atomic E-state index is 0.125. The molecule has 2 amide bonds. The zero-order chi connectivity index (χ0) is 19.8. The van der Waals surface area contributed by atoms with Crippen LogP contribution in [-0.2, 0) is 17.9 Å². The van der Waals surface area contributed by atoms with Gasteiger partial charge in [-0.1, -0.05) is 35.9 Å². The van der Waals surface area contributed by atoms with E-state index in [1.54, 1.807) is 48.7 Å². The summed E-state index contributed by atoms with van der Waals surface area (Å²) in [6.45, 7) is 0.914. The molecule has 3 N–H and O–H groups in total. The summed E-state index contributed by atoms with van der Waals surface area (Å²) in [4.78, 5) is 24.4. The second-order valence-corrected chi connectivity index (χ2v) is 6.49. The molecule has 0 saturated heterocycles. The third-order valence-corrected chi connectivity index (χ3v) is 4.34. The Morgan fingerprint density at radius 3 is 2.61 bits per heavy atom. The minimum Gasteiger partial charge on any atom is -0.467 e. The van der Waals surface area contributed by atoms with Gasteiger partial charge in [-0.2, -0.15) is 0 Å². The largest absolute Gasteiger partial charge is 0.467 e. The molecule has 0 saturated carbocycles. The number of halogens is 1. The molecule has 0 aliphatic rings. The van der Waals surface area contributed by atoms with E-state index >= 15 is 0 Å². The first kappa shape index (κ1) is 19.7. The molecule has 0 fully saturated rings. The predicted molar refractivity (Wildman–Crippen MR) is 108 cm³/mol. The topological polar surface area (TPSA) is 83.4 Å². The molecule has 3 aromatic rings. The van der Waals surface area contributed by atoms with Gasteiger partial charge in [0, 0.05) is 22.8 Å². The molecule has 7 heteroatoms. The van der Waals surface area contributed by atoms with Gasteiger partial charge in [-0.15, -0.1) is 0 Å². The zero-order valence-corrected chi connectivity index (χ0v) is 15.8. The Hall–Kier alpha value is -3.09. The number of carbonyl (C=O) groups excluding carboxylic acids is 2. The van der Waals surface area contributed by atoms with Crippen molar-refractivity contribution in [2.75, 3.05) is 11.9 Å². The van der Waals surface area contributed by atoms with Gasteiger partial charge in [0.1, 0.15) is 5.76 Å². The van der Waals surface area contributed by atoms with Crippen LogP contribution in [0.4, 0.5) is 5.69 Å². The summed E-state index contributed by atoms with van der Waals surface area (Å²) in [5, 5.41) is 9.25. The van der Waals surface area contributed by atoms with Gasteiger partial charge in [0.25, 0.3) is 5.91 Å². The Morgan fingerprint density at radius 2 is 1.82 bits per heavy atom. The van der Waals surface area contributed by atoms with Gasteiger partial charge in [-0.3, -0.25) is 9.59 Å². The fourth-order valence-corrected chi connectivity index (χ4v) is 2.78. The van der Waals surface area contributed by atoms with Crippen LogP contribution in [0.1, 0.15) is 21.7 Å². The average Bonchev–Trinajstić information content (AvgIpc) is 3.21. The van der Waals surface area contributed by atoms with E-state index in [9.17, 15) is 9.59 Å². The van der Waals surface area contributed by atoms with Gasteiger partial charge in [-0.25, -0.2) is 0 Å². The summed E-state index contributed by atoms with van der Waals surface area (Å²) in [6.07, 6.45) is 1.55. The standard InChI is InChI=1S/C21H20ClN3O3/c22-19-9-2-1-5-16(19)12-23-14-20(26)25-17-7-3-6-15(11-17)21(27)24-13-18-8-4-10-28-18/h1-11,23H,12-14H2,(H,24,27)(H,25,26). The van der Waals surface area contributed by atoms with E-state index in [0.29, 0.717) is 35.1 Å². The van der Waals surface area contributed by atoms with Crippen LogP contribution < -0.4 is 16.0 Å². The Bertz CT molecular complexity index is 942. The van der Waals surface area contributed by atoms with Crippen LogP contribution >= 0.6 is 11.6 Å². The van der Waals surface area contributed by atoms with Crippen LogP contribution in [0.2, 0.25) is 5.02 Å². The number of carbonyl (C=O) groups is 2. The summed E-state index contributed by atoms with van der Waals surface area (Å²) >= 11 is 6.09. The number of anilines is 1. The van der Waals surface area contributed by atoms with Gasteiger partial charge in [0.15, 0.2) is 0 Å². The van der Waals surface area contributed by atoms with E-state index in [4.69, 9.17) is 16.0 Å². The molecule has 0 aliphatic heterocycles. The van der Waals surface area contributed by atoms with Gasteiger partial charge in [0.2, 0.25) is 5.91 Å². The van der Waals surface area contributed by atoms with E-state index in [1.165, 1.54) is 0 Å². The van der Waals surface area contributed by atoms with E-state index < -0.39 is 0 Å². The lowest BCUT2D eigenvalue weighted by molar-refractivity contribution is -0.115. The SMILES string of the molecule is O=C(CNCc1ccccc1Cl)Nc1cccc(C(=O)NCc2ccco2)c1. The van der Waals surface area contributed by atoms with Crippen molar-refractivity contribution in [3.63, 3.8) is 0 Å². The molecular weight excluding hydrogens is 378 g/mol. The van der Waals surface area contributed by atoms with Gasteiger partial charge < -0.3 is 20.4 Å². The third-order valence-electron chi connectivity index (χ3n) is 3.97. The number of amides is 2. The van der Waals surface area contributed by atoms with Crippen molar-refractivity contribution in [2.24, 2.45) is 0 Å². The zero-order valence-electron chi connectivity index (χ0n) is 15.1. The van der Waals surface area contributed by atoms with Crippen molar-refractivity contribution in [2.45, 2.75) is 13.1 Å². The highest BCUT2D eigenvalue weighted by molar-refractivity contribution is 6.31. The van der Waals surface area contributed by atoms with Crippen LogP contribution in [0.25, 0.3) is 0 Å². The van der Waals surface area contributed by atoms with Gasteiger partial charge >= 0.3 is 0 Å². The highest BCUT2D eigenvalue weighted by atomic mass is 35.5. The second kappa shape index (κ2) is 9.73. The van der Waals surface area contributed by atoms with Crippen LogP contribution in [0.5, 0.6) is 0 Å². The molecule has 0 spiro atoms. The van der Waals surface area contributed by atoms with Crippen molar-refractivity contribution in [1.82, 2.24) is 10.6 Å². The first-order chi connectivity index (χ1) is 13.6. The second-order valence-electron chi connectivity index (χ2n) is 6.09. The molecule has 1 heterocycles. The van der Waals surface area contributed by atoms with E-state index in [0.717, 1.165) is 5.56 Å². The lowest BCUT2D eigenvalue weighted by Crippen LogP contribution is -2.28. The number of hydrogen-bond acceptors (Lipinski definition) is 4. The van der Waals surface area contributed by atoms with Crippen molar-refractivity contribution in [3.05, 3.63) is 88.8 Å². The maximum atomic E-state index is 12.2. The van der Waals surface area contributed by atoms with Crippen LogP contribution in [0.3, 0.4) is 0 Å². The average molecular weight is 398 g/mol. The molecule has 0 bridgehead atoms. The van der Waals surface area contributed by atoms with E-state index in [2.05, 4.69) is 16.0 Å². The van der Waals surface area contributed by atoms with Crippen LogP contribution in [-0.4, -0.2) is 18.4 Å². The van der Waals surface area contributed by atoms with Crippen molar-refractivity contribution in [1.29, 1.82) is 0 Å². The van der Waals surface area contributed by atoms with E-state index in [-0.39, 0.29) is 18.4 Å². The molecule has 0 radical (unpaired) electrons. The number of hydrogen-bond donors (Lipinski definition) is 3.